The molecule has 1 fully saturated rings. The summed E-state index contributed by atoms with van der Waals surface area (Å²) in [5, 5.41) is 4.46. The van der Waals surface area contributed by atoms with Crippen LogP contribution in [0.15, 0.2) is 30.6 Å². The van der Waals surface area contributed by atoms with E-state index in [0.29, 0.717) is 29.6 Å². The molecule has 1 atom stereocenters. The third-order valence-corrected chi connectivity index (χ3v) is 4.87. The third-order valence-electron chi connectivity index (χ3n) is 4.56. The average Bonchev–Trinajstić information content (AvgIpc) is 3.04. The minimum Gasteiger partial charge on any atom is -0.480 e. The fraction of sp³-hybridized carbons (Fsp3) is 0.316. The van der Waals surface area contributed by atoms with Gasteiger partial charge in [0.15, 0.2) is 0 Å². The van der Waals surface area contributed by atoms with Gasteiger partial charge in [0, 0.05) is 28.8 Å². The number of H-pyrrole nitrogens is 1. The van der Waals surface area contributed by atoms with Crippen LogP contribution in [0.2, 0.25) is 5.02 Å². The Bertz CT molecular complexity index is 967. The molecular weight excluding hydrogens is 368 g/mol. The van der Waals surface area contributed by atoms with E-state index in [1.165, 1.54) is 0 Å². The molecule has 27 heavy (non-hydrogen) atoms. The molecule has 0 bridgehead atoms. The summed E-state index contributed by atoms with van der Waals surface area (Å²) in [5.41, 5.74) is 3.26. The number of carbonyl (C=O) groups is 1. The van der Waals surface area contributed by atoms with E-state index in [1.54, 1.807) is 19.5 Å². The summed E-state index contributed by atoms with van der Waals surface area (Å²) in [4.78, 5) is 23.8. The first kappa shape index (κ1) is 17.8. The third kappa shape index (κ3) is 3.89. The molecule has 3 heterocycles. The van der Waals surface area contributed by atoms with Crippen molar-refractivity contribution in [2.75, 3.05) is 13.7 Å². The zero-order valence-electron chi connectivity index (χ0n) is 14.8. The standard InChI is InChI=1S/C19H19ClN4O3/c1-26-19-10-21-17(9-23-19)14-7-16-11(5-15(14)20)4-12(24-16)8-22-18(25)6-13-2-3-27-13/h4-5,7,9-10,13,24H,2-3,6,8H2,1H3,(H,22,25). The molecule has 3 aromatic rings. The van der Waals surface area contributed by atoms with Gasteiger partial charge in [0.05, 0.1) is 49.3 Å². The maximum absolute atomic E-state index is 11.9. The van der Waals surface area contributed by atoms with Gasteiger partial charge in [0.1, 0.15) is 0 Å². The first-order valence-corrected chi connectivity index (χ1v) is 9.06. The van der Waals surface area contributed by atoms with E-state index >= 15 is 0 Å². The van der Waals surface area contributed by atoms with Crippen LogP contribution in [0.1, 0.15) is 18.5 Å². The lowest BCUT2D eigenvalue weighted by Gasteiger charge is -2.25. The number of aromatic amines is 1. The molecule has 1 aliphatic rings. The highest BCUT2D eigenvalue weighted by Crippen LogP contribution is 2.31. The van der Waals surface area contributed by atoms with Crippen molar-refractivity contribution in [2.45, 2.75) is 25.5 Å². The summed E-state index contributed by atoms with van der Waals surface area (Å²) in [6, 6.07) is 5.79. The number of aromatic nitrogens is 3. The Morgan fingerprint density at radius 1 is 1.37 bits per heavy atom. The number of halogens is 1. The minimum atomic E-state index is -0.00872. The van der Waals surface area contributed by atoms with Gasteiger partial charge in [0.2, 0.25) is 11.8 Å². The summed E-state index contributed by atoms with van der Waals surface area (Å²) in [6.45, 7) is 1.18. The molecule has 1 aromatic carbocycles. The smallest absolute Gasteiger partial charge is 0.232 e. The Kier molecular flexibility index (Phi) is 4.96. The van der Waals surface area contributed by atoms with Gasteiger partial charge in [0.25, 0.3) is 0 Å². The summed E-state index contributed by atoms with van der Waals surface area (Å²) in [7, 11) is 1.54. The van der Waals surface area contributed by atoms with Crippen LogP contribution >= 0.6 is 11.6 Å². The van der Waals surface area contributed by atoms with Crippen molar-refractivity contribution in [3.8, 4) is 17.1 Å². The van der Waals surface area contributed by atoms with E-state index in [9.17, 15) is 4.79 Å². The van der Waals surface area contributed by atoms with Crippen LogP contribution < -0.4 is 10.1 Å². The highest BCUT2D eigenvalue weighted by molar-refractivity contribution is 6.34. The molecule has 7 nitrogen and oxygen atoms in total. The SMILES string of the molecule is COc1cnc(-c2cc3[nH]c(CNC(=O)CC4CCO4)cc3cc2Cl)cn1. The number of fused-ring (bicyclic) bond motifs is 1. The molecule has 2 aromatic heterocycles. The second kappa shape index (κ2) is 7.54. The summed E-state index contributed by atoms with van der Waals surface area (Å²) < 4.78 is 10.3. The molecule has 2 N–H and O–H groups in total. The number of carbonyl (C=O) groups excluding carboxylic acids is 1. The number of methoxy groups -OCH3 is 1. The van der Waals surface area contributed by atoms with E-state index in [1.807, 2.05) is 18.2 Å². The van der Waals surface area contributed by atoms with Crippen LogP contribution in [-0.2, 0) is 16.1 Å². The molecular formula is C19H19ClN4O3. The maximum atomic E-state index is 11.9. The van der Waals surface area contributed by atoms with Crippen LogP contribution in [-0.4, -0.2) is 40.7 Å². The molecule has 1 saturated heterocycles. The Morgan fingerprint density at radius 3 is 2.89 bits per heavy atom. The quantitative estimate of drug-likeness (QED) is 0.679. The van der Waals surface area contributed by atoms with Crippen molar-refractivity contribution in [1.29, 1.82) is 0 Å². The van der Waals surface area contributed by atoms with Crippen molar-refractivity contribution in [2.24, 2.45) is 0 Å². The Morgan fingerprint density at radius 2 is 2.22 bits per heavy atom. The van der Waals surface area contributed by atoms with E-state index in [-0.39, 0.29) is 12.0 Å². The van der Waals surface area contributed by atoms with E-state index in [4.69, 9.17) is 21.1 Å². The molecule has 8 heteroatoms. The number of benzene rings is 1. The summed E-state index contributed by atoms with van der Waals surface area (Å²) >= 11 is 6.43. The van der Waals surface area contributed by atoms with Crippen molar-refractivity contribution in [3.05, 3.63) is 41.3 Å². The highest BCUT2D eigenvalue weighted by atomic mass is 35.5. The van der Waals surface area contributed by atoms with Crippen molar-refractivity contribution >= 4 is 28.4 Å². The van der Waals surface area contributed by atoms with Crippen molar-refractivity contribution in [3.63, 3.8) is 0 Å². The second-order valence-electron chi connectivity index (χ2n) is 6.42. The number of hydrogen-bond donors (Lipinski definition) is 2. The topological polar surface area (TPSA) is 89.1 Å². The van der Waals surface area contributed by atoms with E-state index in [2.05, 4.69) is 20.3 Å². The fourth-order valence-corrected chi connectivity index (χ4v) is 3.25. The molecule has 0 aliphatic carbocycles. The molecule has 0 spiro atoms. The minimum absolute atomic E-state index is 0.00872. The van der Waals surface area contributed by atoms with Crippen LogP contribution in [0.25, 0.3) is 22.2 Å². The predicted octanol–water partition coefficient (Wildman–Crippen LogP) is 3.08. The zero-order chi connectivity index (χ0) is 18.8. The maximum Gasteiger partial charge on any atom is 0.232 e. The van der Waals surface area contributed by atoms with Gasteiger partial charge in [-0.25, -0.2) is 9.97 Å². The number of hydrogen-bond acceptors (Lipinski definition) is 5. The molecule has 1 unspecified atom stereocenters. The number of nitrogens with one attached hydrogen (secondary N) is 2. The lowest BCUT2D eigenvalue weighted by atomic mass is 10.1. The highest BCUT2D eigenvalue weighted by Gasteiger charge is 2.21. The number of nitrogens with zero attached hydrogens (tertiary/aromatic N) is 2. The van der Waals surface area contributed by atoms with Gasteiger partial charge in [-0.05, 0) is 24.6 Å². The first-order valence-electron chi connectivity index (χ1n) is 8.68. The molecule has 1 aliphatic heterocycles. The lowest BCUT2D eigenvalue weighted by Crippen LogP contribution is -2.34. The van der Waals surface area contributed by atoms with E-state index < -0.39 is 0 Å². The summed E-state index contributed by atoms with van der Waals surface area (Å²) in [5.74, 6) is 0.437. The molecule has 4 rings (SSSR count). The number of amides is 1. The zero-order valence-corrected chi connectivity index (χ0v) is 15.5. The average molecular weight is 387 g/mol. The van der Waals surface area contributed by atoms with Gasteiger partial charge in [-0.15, -0.1) is 0 Å². The van der Waals surface area contributed by atoms with Gasteiger partial charge in [-0.2, -0.15) is 0 Å². The monoisotopic (exact) mass is 386 g/mol. The second-order valence-corrected chi connectivity index (χ2v) is 6.83. The summed E-state index contributed by atoms with van der Waals surface area (Å²) in [6.07, 6.45) is 4.61. The van der Waals surface area contributed by atoms with E-state index in [0.717, 1.165) is 35.2 Å². The van der Waals surface area contributed by atoms with Crippen molar-refractivity contribution in [1.82, 2.24) is 20.3 Å². The Labute approximate surface area is 161 Å². The lowest BCUT2D eigenvalue weighted by molar-refractivity contribution is -0.129. The molecule has 140 valence electrons. The molecule has 1 amide bonds. The largest absolute Gasteiger partial charge is 0.480 e. The van der Waals surface area contributed by atoms with Gasteiger partial charge < -0.3 is 19.8 Å². The van der Waals surface area contributed by atoms with Crippen LogP contribution in [0.5, 0.6) is 5.88 Å². The Hall–Kier alpha value is -2.64. The van der Waals surface area contributed by atoms with Crippen LogP contribution in [0.4, 0.5) is 0 Å². The van der Waals surface area contributed by atoms with Gasteiger partial charge in [-0.3, -0.25) is 4.79 Å². The van der Waals surface area contributed by atoms with Crippen LogP contribution in [0.3, 0.4) is 0 Å². The fourth-order valence-electron chi connectivity index (χ4n) is 2.98. The predicted molar refractivity (Wildman–Crippen MR) is 102 cm³/mol. The number of ether oxygens (including phenoxy) is 2. The van der Waals surface area contributed by atoms with Crippen LogP contribution in [0, 0.1) is 0 Å². The Balaban J connectivity index is 1.50. The van der Waals surface area contributed by atoms with Crippen molar-refractivity contribution < 1.29 is 14.3 Å². The van der Waals surface area contributed by atoms with Gasteiger partial charge >= 0.3 is 0 Å². The molecule has 0 radical (unpaired) electrons. The molecule has 0 saturated carbocycles. The normalized spacial score (nSPS) is 16.1. The first-order chi connectivity index (χ1) is 13.1. The number of rotatable bonds is 6. The van der Waals surface area contributed by atoms with Gasteiger partial charge in [-0.1, -0.05) is 11.6 Å².